The van der Waals surface area contributed by atoms with Crippen molar-refractivity contribution in [2.24, 2.45) is 0 Å². The maximum Gasteiger partial charge on any atom is 0.149 e. The van der Waals surface area contributed by atoms with E-state index >= 15 is 0 Å². The molecule has 0 amide bonds. The molecule has 8 rings (SSSR count). The van der Waals surface area contributed by atoms with Gasteiger partial charge in [-0.3, -0.25) is 4.57 Å². The Morgan fingerprint density at radius 3 is 1.84 bits per heavy atom. The molecule has 0 unspecified atom stereocenters. The van der Waals surface area contributed by atoms with Crippen molar-refractivity contribution < 1.29 is 4.42 Å². The van der Waals surface area contributed by atoms with E-state index in [1.807, 2.05) is 6.26 Å². The Bertz CT molecular complexity index is 2210. The van der Waals surface area contributed by atoms with Gasteiger partial charge in [0.2, 0.25) is 0 Å². The lowest BCUT2D eigenvalue weighted by Crippen LogP contribution is -2.03. The molecule has 0 saturated heterocycles. The summed E-state index contributed by atoms with van der Waals surface area (Å²) >= 11 is 0. The largest absolute Gasteiger partial charge is 0.464 e. The van der Waals surface area contributed by atoms with Crippen molar-refractivity contribution in [3.63, 3.8) is 0 Å². The van der Waals surface area contributed by atoms with E-state index in [2.05, 4.69) is 158 Å². The second-order valence-electron chi connectivity index (χ2n) is 11.3. The molecular formula is C41H30N2O. The van der Waals surface area contributed by atoms with E-state index < -0.39 is 0 Å². The van der Waals surface area contributed by atoms with Gasteiger partial charge in [0.25, 0.3) is 0 Å². The highest BCUT2D eigenvalue weighted by Gasteiger charge is 2.23. The molecule has 0 aliphatic heterocycles. The highest BCUT2D eigenvalue weighted by molar-refractivity contribution is 5.99. The third-order valence-electron chi connectivity index (χ3n) is 8.57. The second kappa shape index (κ2) is 10.6. The highest BCUT2D eigenvalue weighted by Crippen LogP contribution is 2.42. The van der Waals surface area contributed by atoms with Crippen molar-refractivity contribution in [1.29, 1.82) is 0 Å². The Labute approximate surface area is 256 Å². The fourth-order valence-electron chi connectivity index (χ4n) is 6.55. The van der Waals surface area contributed by atoms with Crippen molar-refractivity contribution in [3.05, 3.63) is 157 Å². The number of rotatable bonds is 5. The average Bonchev–Trinajstić information content (AvgIpc) is 3.66. The van der Waals surface area contributed by atoms with Crippen molar-refractivity contribution in [1.82, 2.24) is 9.55 Å². The summed E-state index contributed by atoms with van der Waals surface area (Å²) in [6.45, 7) is 4.35. The van der Waals surface area contributed by atoms with Crippen LogP contribution in [0, 0.1) is 13.8 Å². The number of aromatic nitrogens is 2. The molecule has 0 bridgehead atoms. The smallest absolute Gasteiger partial charge is 0.149 e. The lowest BCUT2D eigenvalue weighted by Gasteiger charge is -2.19. The molecule has 0 saturated carbocycles. The highest BCUT2D eigenvalue weighted by atomic mass is 16.3. The van der Waals surface area contributed by atoms with Crippen LogP contribution in [0.4, 0.5) is 0 Å². The second-order valence-corrected chi connectivity index (χ2v) is 11.3. The van der Waals surface area contributed by atoms with Crippen LogP contribution in [0.2, 0.25) is 0 Å². The van der Waals surface area contributed by atoms with Gasteiger partial charge in [-0.25, -0.2) is 4.98 Å². The van der Waals surface area contributed by atoms with Crippen molar-refractivity contribution in [2.75, 3.05) is 0 Å². The molecule has 0 aliphatic rings. The van der Waals surface area contributed by atoms with E-state index in [1.165, 1.54) is 22.3 Å². The first kappa shape index (κ1) is 26.0. The molecule has 0 aliphatic carbocycles. The summed E-state index contributed by atoms with van der Waals surface area (Å²) in [6, 6.07) is 49.2. The summed E-state index contributed by atoms with van der Waals surface area (Å²) in [4.78, 5) is 5.29. The van der Waals surface area contributed by atoms with Gasteiger partial charge in [0, 0.05) is 16.5 Å². The molecule has 0 spiro atoms. The van der Waals surface area contributed by atoms with Gasteiger partial charge < -0.3 is 4.42 Å². The Morgan fingerprint density at radius 2 is 1.16 bits per heavy atom. The van der Waals surface area contributed by atoms with Gasteiger partial charge in [0.05, 0.1) is 22.3 Å². The van der Waals surface area contributed by atoms with Crippen LogP contribution in [0.3, 0.4) is 0 Å². The molecule has 3 nitrogen and oxygen atoms in total. The number of para-hydroxylation sites is 3. The predicted molar refractivity (Wildman–Crippen MR) is 182 cm³/mol. The lowest BCUT2D eigenvalue weighted by molar-refractivity contribution is 0.616. The topological polar surface area (TPSA) is 31.0 Å². The van der Waals surface area contributed by atoms with Crippen LogP contribution in [0.1, 0.15) is 11.1 Å². The third-order valence-corrected chi connectivity index (χ3v) is 8.57. The fraction of sp³-hybridized carbons (Fsp3) is 0.0488. The minimum atomic E-state index is 0.841. The zero-order valence-corrected chi connectivity index (χ0v) is 24.7. The Balaban J connectivity index is 1.46. The summed E-state index contributed by atoms with van der Waals surface area (Å²) in [5, 5.41) is 1.04. The Morgan fingerprint density at radius 1 is 0.545 bits per heavy atom. The summed E-state index contributed by atoms with van der Waals surface area (Å²) in [5.74, 6) is 0.851. The average molecular weight is 567 g/mol. The lowest BCUT2D eigenvalue weighted by atomic mass is 9.94. The standard InChI is InChI=1S/C41H30N2O/c1-27-13-11-14-28(2)39(27)31-23-24-38-34(25-31)35(26-44-38)41-42-36-21-9-10-22-37(36)43(41)40-32(29-15-5-3-6-16-29)19-12-20-33(40)30-17-7-4-8-18-30/h3-26H,1-2H3. The first-order valence-corrected chi connectivity index (χ1v) is 15.0. The summed E-state index contributed by atoms with van der Waals surface area (Å²) in [5.41, 5.74) is 14.4. The number of furan rings is 1. The Kier molecular flexibility index (Phi) is 6.23. The van der Waals surface area contributed by atoms with Gasteiger partial charge in [-0.1, -0.05) is 115 Å². The van der Waals surface area contributed by atoms with Crippen LogP contribution < -0.4 is 0 Å². The SMILES string of the molecule is Cc1cccc(C)c1-c1ccc2occ(-c3nc4ccccc4n3-c3c(-c4ccccc4)cccc3-c3ccccc3)c2c1. The minimum absolute atomic E-state index is 0.841. The maximum absolute atomic E-state index is 6.22. The van der Waals surface area contributed by atoms with E-state index in [1.54, 1.807) is 0 Å². The van der Waals surface area contributed by atoms with Crippen molar-refractivity contribution >= 4 is 22.0 Å². The van der Waals surface area contributed by atoms with E-state index in [0.29, 0.717) is 0 Å². The van der Waals surface area contributed by atoms with Crippen LogP contribution in [0.5, 0.6) is 0 Å². The third kappa shape index (κ3) is 4.25. The first-order chi connectivity index (χ1) is 21.7. The van der Waals surface area contributed by atoms with Gasteiger partial charge in [-0.15, -0.1) is 0 Å². The molecule has 6 aromatic carbocycles. The fourth-order valence-corrected chi connectivity index (χ4v) is 6.55. The molecule has 2 aromatic heterocycles. The van der Waals surface area contributed by atoms with Gasteiger partial charge in [-0.05, 0) is 71.5 Å². The number of aryl methyl sites for hydroxylation is 2. The van der Waals surface area contributed by atoms with Crippen LogP contribution in [-0.2, 0) is 0 Å². The predicted octanol–water partition coefficient (Wildman–Crippen LogP) is 11.1. The molecule has 44 heavy (non-hydrogen) atoms. The molecule has 0 N–H and O–H groups in total. The monoisotopic (exact) mass is 566 g/mol. The number of nitrogens with zero attached hydrogens (tertiary/aromatic N) is 2. The summed E-state index contributed by atoms with van der Waals surface area (Å²) in [6.07, 6.45) is 1.87. The van der Waals surface area contributed by atoms with Gasteiger partial charge in [-0.2, -0.15) is 0 Å². The van der Waals surface area contributed by atoms with Gasteiger partial charge >= 0.3 is 0 Å². The number of hydrogen-bond acceptors (Lipinski definition) is 2. The molecular weight excluding hydrogens is 536 g/mol. The maximum atomic E-state index is 6.22. The number of hydrogen-bond donors (Lipinski definition) is 0. The van der Waals surface area contributed by atoms with Crippen molar-refractivity contribution in [3.8, 4) is 50.5 Å². The normalized spacial score (nSPS) is 11.4. The van der Waals surface area contributed by atoms with Crippen LogP contribution >= 0.6 is 0 Å². The van der Waals surface area contributed by atoms with Crippen LogP contribution in [0.15, 0.2) is 150 Å². The molecule has 0 atom stereocenters. The molecule has 2 heterocycles. The molecule has 0 fully saturated rings. The minimum Gasteiger partial charge on any atom is -0.464 e. The van der Waals surface area contributed by atoms with Crippen LogP contribution in [-0.4, -0.2) is 9.55 Å². The quantitative estimate of drug-likeness (QED) is 0.207. The Hall–Kier alpha value is -5.67. The van der Waals surface area contributed by atoms with Crippen LogP contribution in [0.25, 0.3) is 72.5 Å². The molecule has 0 radical (unpaired) electrons. The zero-order chi connectivity index (χ0) is 29.6. The summed E-state index contributed by atoms with van der Waals surface area (Å²) < 4.78 is 8.55. The van der Waals surface area contributed by atoms with E-state index in [4.69, 9.17) is 9.40 Å². The van der Waals surface area contributed by atoms with Gasteiger partial charge in [0.1, 0.15) is 17.7 Å². The molecule has 3 heteroatoms. The number of imidazole rings is 1. The van der Waals surface area contributed by atoms with Crippen molar-refractivity contribution in [2.45, 2.75) is 13.8 Å². The number of benzene rings is 6. The molecule has 210 valence electrons. The number of fused-ring (bicyclic) bond motifs is 2. The van der Waals surface area contributed by atoms with Gasteiger partial charge in [0.15, 0.2) is 0 Å². The van der Waals surface area contributed by atoms with E-state index in [-0.39, 0.29) is 0 Å². The van der Waals surface area contributed by atoms with E-state index in [9.17, 15) is 0 Å². The first-order valence-electron chi connectivity index (χ1n) is 15.0. The zero-order valence-electron chi connectivity index (χ0n) is 24.7. The summed E-state index contributed by atoms with van der Waals surface area (Å²) in [7, 11) is 0. The van der Waals surface area contributed by atoms with E-state index in [0.717, 1.165) is 61.3 Å². The molecule has 8 aromatic rings.